The summed E-state index contributed by atoms with van der Waals surface area (Å²) < 4.78 is 0. The quantitative estimate of drug-likeness (QED) is 0.832. The molecule has 2 aromatic carbocycles. The van der Waals surface area contributed by atoms with Crippen molar-refractivity contribution in [1.82, 2.24) is 10.2 Å². The molecular weight excluding hydrogens is 346 g/mol. The molecule has 5 heteroatoms. The molecule has 2 aromatic rings. The number of nitrogens with two attached hydrogens (primary N) is 1. The third-order valence-electron chi connectivity index (χ3n) is 5.41. The Morgan fingerprint density at radius 2 is 1.18 bits per heavy atom. The van der Waals surface area contributed by atoms with Gasteiger partial charge in [-0.25, -0.2) is 0 Å². The maximum absolute atomic E-state index is 5.53. The highest BCUT2D eigenvalue weighted by atomic mass is 15.3. The van der Waals surface area contributed by atoms with Crippen molar-refractivity contribution in [3.05, 3.63) is 60.7 Å². The van der Waals surface area contributed by atoms with Gasteiger partial charge in [-0.3, -0.25) is 4.90 Å². The van der Waals surface area contributed by atoms with Crippen LogP contribution in [0.25, 0.3) is 0 Å². The smallest absolute Gasteiger partial charge is 0.0367 e. The number of piperazine rings is 2. The van der Waals surface area contributed by atoms with E-state index in [9.17, 15) is 0 Å². The van der Waals surface area contributed by atoms with Gasteiger partial charge in [-0.2, -0.15) is 0 Å². The molecule has 0 amide bonds. The van der Waals surface area contributed by atoms with Crippen molar-refractivity contribution in [2.45, 2.75) is 6.42 Å². The molecule has 0 bridgehead atoms. The lowest BCUT2D eigenvalue weighted by atomic mass is 10.2. The van der Waals surface area contributed by atoms with E-state index in [0.29, 0.717) is 0 Å². The first-order valence-electron chi connectivity index (χ1n) is 10.6. The van der Waals surface area contributed by atoms with Crippen LogP contribution in [0.1, 0.15) is 6.42 Å². The third-order valence-corrected chi connectivity index (χ3v) is 5.41. The van der Waals surface area contributed by atoms with Crippen LogP contribution < -0.4 is 20.9 Å². The predicted molar refractivity (Wildman–Crippen MR) is 120 cm³/mol. The Morgan fingerprint density at radius 3 is 1.68 bits per heavy atom. The van der Waals surface area contributed by atoms with Crippen molar-refractivity contribution < 1.29 is 0 Å². The molecule has 0 saturated carbocycles. The van der Waals surface area contributed by atoms with Crippen LogP contribution in [0.2, 0.25) is 0 Å². The lowest BCUT2D eigenvalue weighted by Gasteiger charge is -2.36. The molecule has 2 aliphatic rings. The molecule has 0 aliphatic carbocycles. The van der Waals surface area contributed by atoms with Crippen LogP contribution in [0.4, 0.5) is 11.4 Å². The molecule has 2 aliphatic heterocycles. The van der Waals surface area contributed by atoms with Gasteiger partial charge in [-0.05, 0) is 43.8 Å². The fraction of sp³-hybridized carbons (Fsp3) is 0.478. The zero-order valence-corrected chi connectivity index (χ0v) is 17.0. The number of anilines is 2. The zero-order chi connectivity index (χ0) is 19.4. The van der Waals surface area contributed by atoms with Crippen LogP contribution in [0.3, 0.4) is 0 Å². The van der Waals surface area contributed by atoms with Gasteiger partial charge in [0, 0.05) is 63.7 Å². The highest BCUT2D eigenvalue weighted by Gasteiger charge is 2.16. The second kappa shape index (κ2) is 11.7. The fourth-order valence-corrected chi connectivity index (χ4v) is 3.75. The molecular formula is C23H35N5. The summed E-state index contributed by atoms with van der Waals surface area (Å²) in [6.45, 7) is 11.0. The lowest BCUT2D eigenvalue weighted by Crippen LogP contribution is -2.46. The number of para-hydroxylation sites is 2. The summed E-state index contributed by atoms with van der Waals surface area (Å²) in [6.07, 6.45) is 1.12. The van der Waals surface area contributed by atoms with Crippen LogP contribution >= 0.6 is 0 Å². The summed E-state index contributed by atoms with van der Waals surface area (Å²) in [5.74, 6) is 0. The molecule has 0 radical (unpaired) electrons. The molecule has 4 rings (SSSR count). The Morgan fingerprint density at radius 1 is 0.679 bits per heavy atom. The van der Waals surface area contributed by atoms with E-state index in [1.807, 2.05) is 0 Å². The van der Waals surface area contributed by atoms with Gasteiger partial charge in [-0.15, -0.1) is 0 Å². The summed E-state index contributed by atoms with van der Waals surface area (Å²) in [5.41, 5.74) is 8.22. The molecule has 3 N–H and O–H groups in total. The van der Waals surface area contributed by atoms with Gasteiger partial charge in [-0.1, -0.05) is 36.4 Å². The molecule has 2 heterocycles. The predicted octanol–water partition coefficient (Wildman–Crippen LogP) is 2.25. The van der Waals surface area contributed by atoms with Crippen molar-refractivity contribution in [3.63, 3.8) is 0 Å². The van der Waals surface area contributed by atoms with Gasteiger partial charge >= 0.3 is 0 Å². The topological polar surface area (TPSA) is 47.8 Å². The number of nitrogens with zero attached hydrogens (tertiary/aromatic N) is 3. The Balaban J connectivity index is 0.000000167. The molecule has 152 valence electrons. The largest absolute Gasteiger partial charge is 0.369 e. The Hall–Kier alpha value is -2.08. The average Bonchev–Trinajstić information content (AvgIpc) is 2.80. The number of benzene rings is 2. The third kappa shape index (κ3) is 6.51. The van der Waals surface area contributed by atoms with Crippen molar-refractivity contribution in [2.75, 3.05) is 75.2 Å². The van der Waals surface area contributed by atoms with E-state index in [2.05, 4.69) is 80.7 Å². The van der Waals surface area contributed by atoms with Crippen molar-refractivity contribution in [1.29, 1.82) is 0 Å². The Kier molecular flexibility index (Phi) is 8.62. The number of hydrogen-bond acceptors (Lipinski definition) is 5. The van der Waals surface area contributed by atoms with E-state index in [4.69, 9.17) is 5.73 Å². The van der Waals surface area contributed by atoms with Gasteiger partial charge in [0.2, 0.25) is 0 Å². The maximum atomic E-state index is 5.53. The zero-order valence-electron chi connectivity index (χ0n) is 17.0. The van der Waals surface area contributed by atoms with E-state index < -0.39 is 0 Å². The fourth-order valence-electron chi connectivity index (χ4n) is 3.75. The normalized spacial score (nSPS) is 17.8. The van der Waals surface area contributed by atoms with E-state index in [1.165, 1.54) is 11.4 Å². The van der Waals surface area contributed by atoms with Crippen LogP contribution in [0.5, 0.6) is 0 Å². The number of nitrogens with one attached hydrogen (secondary N) is 1. The molecule has 2 fully saturated rings. The Bertz CT molecular complexity index is 635. The van der Waals surface area contributed by atoms with Crippen LogP contribution in [0.15, 0.2) is 60.7 Å². The van der Waals surface area contributed by atoms with Gasteiger partial charge in [0.05, 0.1) is 0 Å². The van der Waals surface area contributed by atoms with Crippen molar-refractivity contribution in [3.8, 4) is 0 Å². The lowest BCUT2D eigenvalue weighted by molar-refractivity contribution is 0.256. The summed E-state index contributed by atoms with van der Waals surface area (Å²) >= 11 is 0. The minimum atomic E-state index is 0.804. The van der Waals surface area contributed by atoms with Gasteiger partial charge in [0.1, 0.15) is 0 Å². The van der Waals surface area contributed by atoms with Crippen molar-refractivity contribution >= 4 is 11.4 Å². The van der Waals surface area contributed by atoms with Crippen LogP contribution in [-0.2, 0) is 0 Å². The highest BCUT2D eigenvalue weighted by molar-refractivity contribution is 5.47. The van der Waals surface area contributed by atoms with Gasteiger partial charge in [0.25, 0.3) is 0 Å². The molecule has 0 unspecified atom stereocenters. The first-order chi connectivity index (χ1) is 13.9. The summed E-state index contributed by atoms with van der Waals surface area (Å²) in [5, 5.41) is 3.34. The first-order valence-corrected chi connectivity index (χ1v) is 10.6. The molecule has 0 atom stereocenters. The minimum absolute atomic E-state index is 0.804. The van der Waals surface area contributed by atoms with Crippen molar-refractivity contribution in [2.24, 2.45) is 5.73 Å². The van der Waals surface area contributed by atoms with E-state index in [1.54, 1.807) is 0 Å². The summed E-state index contributed by atoms with van der Waals surface area (Å²) in [7, 11) is 0. The minimum Gasteiger partial charge on any atom is -0.369 e. The van der Waals surface area contributed by atoms with E-state index in [-0.39, 0.29) is 0 Å². The first kappa shape index (κ1) is 20.6. The molecule has 0 aromatic heterocycles. The Labute approximate surface area is 170 Å². The molecule has 5 nitrogen and oxygen atoms in total. The summed E-state index contributed by atoms with van der Waals surface area (Å²) in [4.78, 5) is 7.38. The second-order valence-corrected chi connectivity index (χ2v) is 7.38. The van der Waals surface area contributed by atoms with Crippen LogP contribution in [-0.4, -0.2) is 70.3 Å². The second-order valence-electron chi connectivity index (χ2n) is 7.38. The average molecular weight is 382 g/mol. The molecule has 28 heavy (non-hydrogen) atoms. The highest BCUT2D eigenvalue weighted by Crippen LogP contribution is 2.15. The molecule has 0 spiro atoms. The number of hydrogen-bond donors (Lipinski definition) is 2. The maximum Gasteiger partial charge on any atom is 0.0367 e. The molecule has 2 saturated heterocycles. The van der Waals surface area contributed by atoms with Gasteiger partial charge in [0.15, 0.2) is 0 Å². The van der Waals surface area contributed by atoms with E-state index >= 15 is 0 Å². The monoisotopic (exact) mass is 381 g/mol. The standard InChI is InChI=1S/C13H21N3.C10H14N2/c14-7-4-8-15-9-11-16(12-10-15)13-5-2-1-3-6-13;1-2-4-10(5-3-1)12-8-6-11-7-9-12/h1-3,5-6H,4,7-12,14H2;1-5,11H,6-9H2. The summed E-state index contributed by atoms with van der Waals surface area (Å²) in [6, 6.07) is 21.3. The van der Waals surface area contributed by atoms with Crippen LogP contribution in [0, 0.1) is 0 Å². The van der Waals surface area contributed by atoms with E-state index in [0.717, 1.165) is 71.9 Å². The SMILES string of the molecule is NCCCN1CCN(c2ccccc2)CC1.c1ccc(N2CCNCC2)cc1. The number of rotatable bonds is 5. The van der Waals surface area contributed by atoms with Gasteiger partial charge < -0.3 is 20.9 Å².